The predicted octanol–water partition coefficient (Wildman–Crippen LogP) is 3.76. The summed E-state index contributed by atoms with van der Waals surface area (Å²) in [6.07, 6.45) is 2.57. The Hall–Kier alpha value is -3.34. The topological polar surface area (TPSA) is 64.8 Å². The highest BCUT2D eigenvalue weighted by molar-refractivity contribution is 5.97. The van der Waals surface area contributed by atoms with Gasteiger partial charge in [0.05, 0.1) is 12.2 Å². The molecule has 5 nitrogen and oxygen atoms in total. The predicted molar refractivity (Wildman–Crippen MR) is 101 cm³/mol. The van der Waals surface area contributed by atoms with Crippen LogP contribution in [-0.2, 0) is 13.0 Å². The number of aromatic amines is 2. The van der Waals surface area contributed by atoms with Gasteiger partial charge in [-0.2, -0.15) is 5.10 Å². The van der Waals surface area contributed by atoms with E-state index < -0.39 is 0 Å². The fraction of sp³-hybridized carbons (Fsp3) is 0.143. The third-order valence-corrected chi connectivity index (χ3v) is 5.09. The van der Waals surface area contributed by atoms with E-state index in [9.17, 15) is 4.79 Å². The van der Waals surface area contributed by atoms with Crippen molar-refractivity contribution >= 4 is 16.7 Å². The van der Waals surface area contributed by atoms with Gasteiger partial charge in [0.15, 0.2) is 0 Å². The molecule has 128 valence electrons. The van der Waals surface area contributed by atoms with Gasteiger partial charge in [-0.1, -0.05) is 42.5 Å². The van der Waals surface area contributed by atoms with Crippen molar-refractivity contribution in [1.82, 2.24) is 20.1 Å². The van der Waals surface area contributed by atoms with Gasteiger partial charge in [0, 0.05) is 36.0 Å². The summed E-state index contributed by atoms with van der Waals surface area (Å²) in [6, 6.07) is 18.3. The Morgan fingerprint density at radius 3 is 2.81 bits per heavy atom. The molecule has 4 aromatic rings. The zero-order valence-corrected chi connectivity index (χ0v) is 14.2. The van der Waals surface area contributed by atoms with Crippen LogP contribution in [0.1, 0.15) is 21.7 Å². The zero-order chi connectivity index (χ0) is 17.5. The molecule has 2 aromatic heterocycles. The van der Waals surface area contributed by atoms with Gasteiger partial charge in [0.1, 0.15) is 5.69 Å². The molecular formula is C21H18N4O. The Balaban J connectivity index is 1.56. The Bertz CT molecular complexity index is 1090. The molecule has 0 saturated heterocycles. The van der Waals surface area contributed by atoms with Crippen LogP contribution in [0.3, 0.4) is 0 Å². The maximum absolute atomic E-state index is 12.7. The van der Waals surface area contributed by atoms with E-state index in [1.54, 1.807) is 6.20 Å². The second kappa shape index (κ2) is 5.88. The van der Waals surface area contributed by atoms with Crippen LogP contribution < -0.4 is 0 Å². The number of amides is 1. The third kappa shape index (κ3) is 2.32. The molecule has 2 N–H and O–H groups in total. The fourth-order valence-corrected chi connectivity index (χ4v) is 3.76. The molecule has 26 heavy (non-hydrogen) atoms. The van der Waals surface area contributed by atoms with E-state index in [0.29, 0.717) is 18.8 Å². The Morgan fingerprint density at radius 2 is 1.92 bits per heavy atom. The average Bonchev–Trinajstić information content (AvgIpc) is 3.36. The minimum absolute atomic E-state index is 0.0331. The quantitative estimate of drug-likeness (QED) is 0.582. The Morgan fingerprint density at radius 1 is 1.04 bits per heavy atom. The molecule has 1 aliphatic rings. The van der Waals surface area contributed by atoms with E-state index >= 15 is 0 Å². The van der Waals surface area contributed by atoms with E-state index in [1.807, 2.05) is 29.2 Å². The lowest BCUT2D eigenvalue weighted by Gasteiger charge is -2.27. The van der Waals surface area contributed by atoms with Crippen LogP contribution in [0, 0.1) is 0 Å². The number of rotatable bonds is 2. The summed E-state index contributed by atoms with van der Waals surface area (Å²) in [7, 11) is 0. The number of hydrogen-bond acceptors (Lipinski definition) is 2. The Kier molecular flexibility index (Phi) is 3.38. The third-order valence-electron chi connectivity index (χ3n) is 5.09. The van der Waals surface area contributed by atoms with Gasteiger partial charge < -0.3 is 9.88 Å². The highest BCUT2D eigenvalue weighted by atomic mass is 16.2. The molecule has 0 saturated carbocycles. The molecule has 0 unspecified atom stereocenters. The highest BCUT2D eigenvalue weighted by Crippen LogP contribution is 2.33. The number of fused-ring (bicyclic) bond motifs is 2. The zero-order valence-electron chi connectivity index (χ0n) is 14.2. The minimum atomic E-state index is 0.0331. The van der Waals surface area contributed by atoms with E-state index in [4.69, 9.17) is 0 Å². The number of hydrogen-bond donors (Lipinski definition) is 2. The van der Waals surface area contributed by atoms with Gasteiger partial charge in [-0.25, -0.2) is 0 Å². The van der Waals surface area contributed by atoms with E-state index in [1.165, 1.54) is 10.8 Å². The van der Waals surface area contributed by atoms with Crippen molar-refractivity contribution in [1.29, 1.82) is 0 Å². The lowest BCUT2D eigenvalue weighted by molar-refractivity contribution is 0.0729. The number of H-pyrrole nitrogens is 2. The van der Waals surface area contributed by atoms with Gasteiger partial charge in [-0.05, 0) is 22.9 Å². The molecule has 0 aliphatic carbocycles. The number of carbonyl (C=O) groups is 1. The molecule has 3 heterocycles. The van der Waals surface area contributed by atoms with Crippen molar-refractivity contribution in [2.45, 2.75) is 13.0 Å². The smallest absolute Gasteiger partial charge is 0.270 e. The van der Waals surface area contributed by atoms with Crippen molar-refractivity contribution in [3.63, 3.8) is 0 Å². The van der Waals surface area contributed by atoms with E-state index in [0.717, 1.165) is 28.9 Å². The van der Waals surface area contributed by atoms with Crippen LogP contribution in [0.5, 0.6) is 0 Å². The second-order valence-corrected chi connectivity index (χ2v) is 6.62. The van der Waals surface area contributed by atoms with Crippen molar-refractivity contribution < 1.29 is 4.79 Å². The number of nitrogens with one attached hydrogen (secondary N) is 2. The van der Waals surface area contributed by atoms with Crippen molar-refractivity contribution in [2.75, 3.05) is 6.54 Å². The lowest BCUT2D eigenvalue weighted by atomic mass is 9.96. The van der Waals surface area contributed by atoms with Crippen LogP contribution >= 0.6 is 0 Å². The molecule has 1 amide bonds. The summed E-state index contributed by atoms with van der Waals surface area (Å²) in [4.78, 5) is 17.6. The maximum Gasteiger partial charge on any atom is 0.270 e. The van der Waals surface area contributed by atoms with Crippen LogP contribution in [0.15, 0.2) is 60.8 Å². The second-order valence-electron chi connectivity index (χ2n) is 6.62. The molecule has 5 heteroatoms. The normalized spacial score (nSPS) is 13.8. The summed E-state index contributed by atoms with van der Waals surface area (Å²) >= 11 is 0. The first-order valence-corrected chi connectivity index (χ1v) is 8.78. The SMILES string of the molecule is O=C(c1ccc[nH]1)N1CCc2[nH]nc(-c3cccc4ccccc34)c2C1. The summed E-state index contributed by atoms with van der Waals surface area (Å²) in [5, 5.41) is 10.2. The van der Waals surface area contributed by atoms with E-state index in [-0.39, 0.29) is 5.91 Å². The number of nitrogens with zero attached hydrogens (tertiary/aromatic N) is 2. The van der Waals surface area contributed by atoms with Gasteiger partial charge in [-0.15, -0.1) is 0 Å². The fourth-order valence-electron chi connectivity index (χ4n) is 3.76. The maximum atomic E-state index is 12.7. The summed E-state index contributed by atoms with van der Waals surface area (Å²) < 4.78 is 0. The first-order valence-electron chi connectivity index (χ1n) is 8.78. The first-order chi connectivity index (χ1) is 12.8. The molecule has 2 aromatic carbocycles. The van der Waals surface area contributed by atoms with Gasteiger partial charge >= 0.3 is 0 Å². The molecule has 5 rings (SSSR count). The van der Waals surface area contributed by atoms with Crippen LogP contribution in [-0.4, -0.2) is 32.5 Å². The van der Waals surface area contributed by atoms with Crippen LogP contribution in [0.2, 0.25) is 0 Å². The lowest BCUT2D eigenvalue weighted by Crippen LogP contribution is -2.36. The summed E-state index contributed by atoms with van der Waals surface area (Å²) in [5.74, 6) is 0.0331. The summed E-state index contributed by atoms with van der Waals surface area (Å²) in [5.41, 5.74) is 4.93. The van der Waals surface area contributed by atoms with Crippen LogP contribution in [0.25, 0.3) is 22.0 Å². The largest absolute Gasteiger partial charge is 0.357 e. The van der Waals surface area contributed by atoms with Gasteiger partial charge in [0.25, 0.3) is 5.91 Å². The summed E-state index contributed by atoms with van der Waals surface area (Å²) in [6.45, 7) is 1.27. The molecule has 0 atom stereocenters. The van der Waals surface area contributed by atoms with Crippen molar-refractivity contribution in [3.05, 3.63) is 77.7 Å². The van der Waals surface area contributed by atoms with Crippen LogP contribution in [0.4, 0.5) is 0 Å². The number of carbonyl (C=O) groups excluding carboxylic acids is 1. The molecular weight excluding hydrogens is 324 g/mol. The Labute approximate surface area is 150 Å². The minimum Gasteiger partial charge on any atom is -0.357 e. The first kappa shape index (κ1) is 15.0. The average molecular weight is 342 g/mol. The molecule has 1 aliphatic heterocycles. The molecule has 0 bridgehead atoms. The van der Waals surface area contributed by atoms with Crippen molar-refractivity contribution in [3.8, 4) is 11.3 Å². The molecule has 0 radical (unpaired) electrons. The number of benzene rings is 2. The number of aromatic nitrogens is 3. The monoisotopic (exact) mass is 342 g/mol. The standard InChI is InChI=1S/C21H18N4O/c26-21(19-9-4-11-22-19)25-12-10-18-17(13-25)20(24-23-18)16-8-3-6-14-5-1-2-7-15(14)16/h1-9,11,22H,10,12-13H2,(H,23,24). The van der Waals surface area contributed by atoms with Gasteiger partial charge in [0.2, 0.25) is 0 Å². The van der Waals surface area contributed by atoms with Gasteiger partial charge in [-0.3, -0.25) is 9.89 Å². The van der Waals surface area contributed by atoms with E-state index in [2.05, 4.69) is 45.5 Å². The molecule has 0 fully saturated rings. The van der Waals surface area contributed by atoms with Crippen molar-refractivity contribution in [2.24, 2.45) is 0 Å². The molecule has 0 spiro atoms. The highest BCUT2D eigenvalue weighted by Gasteiger charge is 2.27.